The quantitative estimate of drug-likeness (QED) is 0.824. The van der Waals surface area contributed by atoms with E-state index >= 15 is 0 Å². The number of nitrogens with two attached hydrogens (primary N) is 1. The summed E-state index contributed by atoms with van der Waals surface area (Å²) in [5.74, 6) is -0.464. The minimum Gasteiger partial charge on any atom is -0.396 e. The largest absolute Gasteiger partial charge is 0.396 e. The fraction of sp³-hybridized carbons (Fsp3) is 0.0769. The van der Waals surface area contributed by atoms with E-state index < -0.39 is 5.83 Å². The van der Waals surface area contributed by atoms with E-state index in [2.05, 4.69) is 5.32 Å². The van der Waals surface area contributed by atoms with Gasteiger partial charge < -0.3 is 11.1 Å². The number of halogens is 2. The average Bonchev–Trinajstić information content (AvgIpc) is 2.76. The Morgan fingerprint density at radius 1 is 1.44 bits per heavy atom. The third-order valence-electron chi connectivity index (χ3n) is 2.54. The van der Waals surface area contributed by atoms with E-state index in [0.717, 1.165) is 15.1 Å². The van der Waals surface area contributed by atoms with Gasteiger partial charge in [0.2, 0.25) is 0 Å². The highest BCUT2D eigenvalue weighted by molar-refractivity contribution is 7.23. The van der Waals surface area contributed by atoms with Gasteiger partial charge >= 0.3 is 0 Å². The van der Waals surface area contributed by atoms with E-state index in [-0.39, 0.29) is 5.70 Å². The number of hydrogen-bond acceptors (Lipinski definition) is 3. The Balaban J connectivity index is 2.72. The topological polar surface area (TPSA) is 38.0 Å². The highest BCUT2D eigenvalue weighted by Gasteiger charge is 2.16. The minimum atomic E-state index is -0.464. The van der Waals surface area contributed by atoms with Crippen molar-refractivity contribution in [3.63, 3.8) is 0 Å². The highest BCUT2D eigenvalue weighted by atomic mass is 35.5. The zero-order chi connectivity index (χ0) is 13.1. The van der Waals surface area contributed by atoms with Gasteiger partial charge in [0, 0.05) is 22.7 Å². The van der Waals surface area contributed by atoms with E-state index in [4.69, 9.17) is 17.3 Å². The summed E-state index contributed by atoms with van der Waals surface area (Å²) in [6, 6.07) is 7.62. The Morgan fingerprint density at radius 3 is 2.83 bits per heavy atom. The first-order valence-corrected chi connectivity index (χ1v) is 6.56. The van der Waals surface area contributed by atoms with Gasteiger partial charge in [0.15, 0.2) is 5.83 Å². The maximum Gasteiger partial charge on any atom is 0.156 e. The molecule has 2 nitrogen and oxygen atoms in total. The van der Waals surface area contributed by atoms with Gasteiger partial charge in [-0.1, -0.05) is 29.8 Å². The first kappa shape index (κ1) is 12.9. The van der Waals surface area contributed by atoms with Gasteiger partial charge in [0.05, 0.1) is 16.3 Å². The van der Waals surface area contributed by atoms with Crippen molar-refractivity contribution in [2.45, 2.75) is 0 Å². The van der Waals surface area contributed by atoms with Gasteiger partial charge in [-0.25, -0.2) is 4.39 Å². The number of allylic oxidation sites excluding steroid dienone is 1. The molecule has 0 saturated heterocycles. The molecule has 0 saturated carbocycles. The second kappa shape index (κ2) is 5.42. The fourth-order valence-corrected chi connectivity index (χ4v) is 2.91. The Hall–Kier alpha value is -1.52. The van der Waals surface area contributed by atoms with Crippen LogP contribution in [0, 0.1) is 0 Å². The molecule has 1 aromatic carbocycles. The van der Waals surface area contributed by atoms with Crippen LogP contribution in [0.4, 0.5) is 9.39 Å². The lowest BCUT2D eigenvalue weighted by molar-refractivity contribution is 0.754. The second-order valence-electron chi connectivity index (χ2n) is 3.61. The maximum atomic E-state index is 14.3. The fourth-order valence-electron chi connectivity index (χ4n) is 1.72. The summed E-state index contributed by atoms with van der Waals surface area (Å²) in [6.07, 6.45) is 1.34. The van der Waals surface area contributed by atoms with Crippen LogP contribution in [-0.2, 0) is 0 Å². The molecule has 0 bridgehead atoms. The molecule has 2 aromatic rings. The van der Waals surface area contributed by atoms with Crippen LogP contribution in [0.2, 0.25) is 0 Å². The average molecular weight is 283 g/mol. The predicted octanol–water partition coefficient (Wildman–Crippen LogP) is 4.29. The molecule has 0 spiro atoms. The van der Waals surface area contributed by atoms with Gasteiger partial charge in [0.1, 0.15) is 0 Å². The van der Waals surface area contributed by atoms with Crippen molar-refractivity contribution in [2.24, 2.45) is 5.73 Å². The molecule has 5 heteroatoms. The molecule has 2 rings (SSSR count). The molecule has 0 unspecified atom stereocenters. The smallest absolute Gasteiger partial charge is 0.156 e. The van der Waals surface area contributed by atoms with Crippen LogP contribution in [0.1, 0.15) is 5.56 Å². The molecule has 18 heavy (non-hydrogen) atoms. The second-order valence-corrected chi connectivity index (χ2v) is 4.92. The van der Waals surface area contributed by atoms with Gasteiger partial charge in [-0.2, -0.15) is 0 Å². The summed E-state index contributed by atoms with van der Waals surface area (Å²) in [4.78, 5) is 0. The lowest BCUT2D eigenvalue weighted by Gasteiger charge is -2.03. The molecule has 0 atom stereocenters. The first-order valence-electron chi connectivity index (χ1n) is 5.30. The van der Waals surface area contributed by atoms with Crippen LogP contribution in [0.5, 0.6) is 0 Å². The summed E-state index contributed by atoms with van der Waals surface area (Å²) in [6.45, 7) is 0. The van der Waals surface area contributed by atoms with Crippen molar-refractivity contribution >= 4 is 43.9 Å². The van der Waals surface area contributed by atoms with Crippen LogP contribution >= 0.6 is 22.9 Å². The molecule has 94 valence electrons. The standard InChI is InChI=1S/C13H12ClFN2S/c1-17-13-11(12(15)9(16)6-7-14)8-4-2-3-5-10(8)18-13/h2-7,17H,16H2,1H3/b7-6+,12-9-. The lowest BCUT2D eigenvalue weighted by atomic mass is 10.1. The summed E-state index contributed by atoms with van der Waals surface area (Å²) in [5.41, 5.74) is 7.35. The first-order chi connectivity index (χ1) is 8.69. The van der Waals surface area contributed by atoms with Crippen molar-refractivity contribution in [3.8, 4) is 0 Å². The molecule has 1 aromatic heterocycles. The van der Waals surface area contributed by atoms with Crippen LogP contribution in [-0.4, -0.2) is 7.05 Å². The molecule has 0 aliphatic carbocycles. The van der Waals surface area contributed by atoms with Gasteiger partial charge in [-0.3, -0.25) is 0 Å². The zero-order valence-corrected chi connectivity index (χ0v) is 11.3. The molecular formula is C13H12ClFN2S. The van der Waals surface area contributed by atoms with Crippen LogP contribution in [0.25, 0.3) is 15.9 Å². The summed E-state index contributed by atoms with van der Waals surface area (Å²) in [7, 11) is 1.76. The van der Waals surface area contributed by atoms with Gasteiger partial charge in [-0.05, 0) is 12.1 Å². The van der Waals surface area contributed by atoms with Crippen LogP contribution in [0.15, 0.2) is 41.6 Å². The Morgan fingerprint density at radius 2 is 2.17 bits per heavy atom. The van der Waals surface area contributed by atoms with Crippen LogP contribution in [0.3, 0.4) is 0 Å². The van der Waals surface area contributed by atoms with E-state index in [9.17, 15) is 4.39 Å². The third kappa shape index (κ3) is 2.21. The lowest BCUT2D eigenvalue weighted by Crippen LogP contribution is -1.97. The summed E-state index contributed by atoms with van der Waals surface area (Å²) < 4.78 is 15.3. The highest BCUT2D eigenvalue weighted by Crippen LogP contribution is 2.40. The maximum absolute atomic E-state index is 14.3. The predicted molar refractivity (Wildman–Crippen MR) is 78.6 cm³/mol. The van der Waals surface area contributed by atoms with E-state index in [1.807, 2.05) is 24.3 Å². The van der Waals surface area contributed by atoms with Gasteiger partial charge in [0.25, 0.3) is 0 Å². The number of thiophene rings is 1. The molecule has 1 heterocycles. The third-order valence-corrected chi connectivity index (χ3v) is 3.85. The van der Waals surface area contributed by atoms with Crippen molar-refractivity contribution in [1.29, 1.82) is 0 Å². The molecule has 0 fully saturated rings. The van der Waals surface area contributed by atoms with E-state index in [0.29, 0.717) is 5.56 Å². The molecule has 3 N–H and O–H groups in total. The van der Waals surface area contributed by atoms with Crippen LogP contribution < -0.4 is 11.1 Å². The number of benzene rings is 1. The Kier molecular flexibility index (Phi) is 3.89. The van der Waals surface area contributed by atoms with Crippen molar-refractivity contribution in [3.05, 3.63) is 47.1 Å². The molecular weight excluding hydrogens is 271 g/mol. The van der Waals surface area contributed by atoms with Crippen molar-refractivity contribution in [1.82, 2.24) is 0 Å². The summed E-state index contributed by atoms with van der Waals surface area (Å²) in [5, 5.41) is 4.59. The van der Waals surface area contributed by atoms with Crippen molar-refractivity contribution in [2.75, 3.05) is 12.4 Å². The Labute approximate surface area is 114 Å². The monoisotopic (exact) mass is 282 g/mol. The minimum absolute atomic E-state index is 0.0186. The molecule has 0 aliphatic rings. The van der Waals surface area contributed by atoms with E-state index in [1.54, 1.807) is 7.05 Å². The molecule has 0 aliphatic heterocycles. The zero-order valence-electron chi connectivity index (χ0n) is 9.71. The van der Waals surface area contributed by atoms with E-state index in [1.165, 1.54) is 22.9 Å². The Bertz CT molecular complexity index is 631. The normalized spacial score (nSPS) is 13.1. The molecule has 0 amide bonds. The molecule has 0 radical (unpaired) electrons. The SMILES string of the molecule is CNc1sc2ccccc2c1/C(F)=C(N)\C=C\Cl. The van der Waals surface area contributed by atoms with Crippen molar-refractivity contribution < 1.29 is 4.39 Å². The van der Waals surface area contributed by atoms with Gasteiger partial charge in [-0.15, -0.1) is 11.3 Å². The summed E-state index contributed by atoms with van der Waals surface area (Å²) >= 11 is 6.91. The number of fused-ring (bicyclic) bond motifs is 1. The number of nitrogens with one attached hydrogen (secondary N) is 1. The number of rotatable bonds is 3. The number of hydrogen-bond donors (Lipinski definition) is 2. The number of anilines is 1.